The second-order valence-corrected chi connectivity index (χ2v) is 5.55. The van der Waals surface area contributed by atoms with Crippen LogP contribution >= 0.6 is 0 Å². The quantitative estimate of drug-likeness (QED) is 0.562. The molecule has 0 saturated heterocycles. The van der Waals surface area contributed by atoms with E-state index in [4.69, 9.17) is 0 Å². The molecule has 0 fully saturated rings. The van der Waals surface area contributed by atoms with Gasteiger partial charge >= 0.3 is 0 Å². The highest BCUT2D eigenvalue weighted by atomic mass is 16.2. The number of aryl methyl sites for hydroxylation is 1. The molecule has 0 radical (unpaired) electrons. The maximum atomic E-state index is 12.0. The minimum absolute atomic E-state index is 0.216. The molecule has 3 rings (SSSR count). The lowest BCUT2D eigenvalue weighted by Crippen LogP contribution is -2.17. The fourth-order valence-electron chi connectivity index (χ4n) is 2.33. The van der Waals surface area contributed by atoms with Gasteiger partial charge in [0.05, 0.1) is 6.21 Å². The van der Waals surface area contributed by atoms with Crippen LogP contribution < -0.4 is 5.43 Å². The largest absolute Gasteiger partial charge is 0.271 e. The van der Waals surface area contributed by atoms with Crippen LogP contribution in [-0.2, 0) is 0 Å². The van der Waals surface area contributed by atoms with Crippen LogP contribution in [0, 0.1) is 6.92 Å². The third-order valence-corrected chi connectivity index (χ3v) is 3.71. The van der Waals surface area contributed by atoms with Crippen LogP contribution in [0.5, 0.6) is 0 Å². The highest BCUT2D eigenvalue weighted by Crippen LogP contribution is 2.18. The molecule has 0 heterocycles. The first kappa shape index (κ1) is 15.7. The molecule has 0 atom stereocenters. The van der Waals surface area contributed by atoms with E-state index in [0.717, 1.165) is 16.7 Å². The Bertz CT molecular complexity index is 835. The number of amides is 1. The number of carbonyl (C=O) groups excluding carboxylic acids is 1. The smallest absolute Gasteiger partial charge is 0.267 e. The third-order valence-electron chi connectivity index (χ3n) is 3.71. The van der Waals surface area contributed by atoms with Gasteiger partial charge in [0.2, 0.25) is 0 Å². The first-order valence-electron chi connectivity index (χ1n) is 7.78. The molecule has 0 saturated carbocycles. The standard InChI is InChI=1S/C21H18N2O/c1-16-7-11-20(12-8-16)21(24)23-22-15-17-9-13-19(14-10-17)18-5-3-2-4-6-18/h2-15H,1H3,(H,23,24)/b22-15-. The van der Waals surface area contributed by atoms with Crippen LogP contribution in [0.3, 0.4) is 0 Å². The van der Waals surface area contributed by atoms with Crippen molar-refractivity contribution in [2.24, 2.45) is 5.10 Å². The lowest BCUT2D eigenvalue weighted by molar-refractivity contribution is 0.0955. The maximum absolute atomic E-state index is 12.0. The molecule has 3 heteroatoms. The molecule has 0 bridgehead atoms. The van der Waals surface area contributed by atoms with Gasteiger partial charge in [-0.2, -0.15) is 5.10 Å². The third kappa shape index (κ3) is 3.96. The van der Waals surface area contributed by atoms with E-state index in [1.54, 1.807) is 18.3 Å². The van der Waals surface area contributed by atoms with Gasteiger partial charge in [-0.1, -0.05) is 72.3 Å². The molecule has 0 aliphatic carbocycles. The summed E-state index contributed by atoms with van der Waals surface area (Å²) in [6.07, 6.45) is 1.64. The molecule has 118 valence electrons. The topological polar surface area (TPSA) is 41.5 Å². The highest BCUT2D eigenvalue weighted by molar-refractivity contribution is 5.94. The monoisotopic (exact) mass is 314 g/mol. The number of carbonyl (C=O) groups is 1. The molecule has 1 amide bonds. The van der Waals surface area contributed by atoms with E-state index in [2.05, 4.69) is 22.7 Å². The van der Waals surface area contributed by atoms with Gasteiger partial charge in [-0.3, -0.25) is 4.79 Å². The fourth-order valence-corrected chi connectivity index (χ4v) is 2.33. The first-order chi connectivity index (χ1) is 11.7. The van der Waals surface area contributed by atoms with Crippen LogP contribution in [0.2, 0.25) is 0 Å². The van der Waals surface area contributed by atoms with Crippen LogP contribution in [0.1, 0.15) is 21.5 Å². The van der Waals surface area contributed by atoms with Crippen molar-refractivity contribution in [3.63, 3.8) is 0 Å². The molecule has 0 aromatic heterocycles. The van der Waals surface area contributed by atoms with Crippen molar-refractivity contribution in [1.82, 2.24) is 5.43 Å². The number of nitrogens with zero attached hydrogens (tertiary/aromatic N) is 1. The number of hydrazone groups is 1. The van der Waals surface area contributed by atoms with Crippen molar-refractivity contribution in [3.8, 4) is 11.1 Å². The van der Waals surface area contributed by atoms with Gasteiger partial charge in [-0.05, 0) is 35.7 Å². The first-order valence-corrected chi connectivity index (χ1v) is 7.78. The van der Waals surface area contributed by atoms with E-state index in [1.165, 1.54) is 5.56 Å². The molecule has 24 heavy (non-hydrogen) atoms. The van der Waals surface area contributed by atoms with E-state index in [9.17, 15) is 4.79 Å². The van der Waals surface area contributed by atoms with Crippen LogP contribution in [0.4, 0.5) is 0 Å². The van der Waals surface area contributed by atoms with E-state index < -0.39 is 0 Å². The zero-order chi connectivity index (χ0) is 16.8. The Labute approximate surface area is 141 Å². The summed E-state index contributed by atoms with van der Waals surface area (Å²) in [5.41, 5.74) is 7.51. The lowest BCUT2D eigenvalue weighted by atomic mass is 10.0. The predicted octanol–water partition coefficient (Wildman–Crippen LogP) is 4.43. The van der Waals surface area contributed by atoms with E-state index >= 15 is 0 Å². The van der Waals surface area contributed by atoms with Gasteiger partial charge in [0.1, 0.15) is 0 Å². The second kappa shape index (κ2) is 7.38. The Balaban J connectivity index is 1.62. The molecular weight excluding hydrogens is 296 g/mol. The molecule has 0 unspecified atom stereocenters. The second-order valence-electron chi connectivity index (χ2n) is 5.55. The number of benzene rings is 3. The van der Waals surface area contributed by atoms with Crippen LogP contribution in [0.25, 0.3) is 11.1 Å². The van der Waals surface area contributed by atoms with Crippen molar-refractivity contribution in [3.05, 3.63) is 95.6 Å². The van der Waals surface area contributed by atoms with E-state index in [1.807, 2.05) is 61.5 Å². The summed E-state index contributed by atoms with van der Waals surface area (Å²) in [4.78, 5) is 12.0. The molecule has 3 aromatic carbocycles. The zero-order valence-electron chi connectivity index (χ0n) is 13.4. The molecule has 3 nitrogen and oxygen atoms in total. The summed E-state index contributed by atoms with van der Waals surface area (Å²) in [5, 5.41) is 4.02. The molecular formula is C21H18N2O. The Kier molecular flexibility index (Phi) is 4.82. The lowest BCUT2D eigenvalue weighted by Gasteiger charge is -2.02. The minimum atomic E-state index is -0.216. The zero-order valence-corrected chi connectivity index (χ0v) is 13.4. The minimum Gasteiger partial charge on any atom is -0.267 e. The normalized spacial score (nSPS) is 10.7. The van der Waals surface area contributed by atoms with Crippen LogP contribution in [-0.4, -0.2) is 12.1 Å². The summed E-state index contributed by atoms with van der Waals surface area (Å²) < 4.78 is 0. The van der Waals surface area contributed by atoms with Crippen molar-refractivity contribution >= 4 is 12.1 Å². The Morgan fingerprint density at radius 2 is 1.46 bits per heavy atom. The van der Waals surface area contributed by atoms with Gasteiger partial charge in [0.25, 0.3) is 5.91 Å². The van der Waals surface area contributed by atoms with Crippen molar-refractivity contribution in [2.45, 2.75) is 6.92 Å². The molecule has 0 aliphatic rings. The average Bonchev–Trinajstić information content (AvgIpc) is 2.63. The Morgan fingerprint density at radius 3 is 2.12 bits per heavy atom. The number of rotatable bonds is 4. The van der Waals surface area contributed by atoms with Gasteiger partial charge < -0.3 is 0 Å². The van der Waals surface area contributed by atoms with Crippen molar-refractivity contribution in [1.29, 1.82) is 0 Å². The van der Waals surface area contributed by atoms with Gasteiger partial charge in [-0.15, -0.1) is 0 Å². The van der Waals surface area contributed by atoms with Crippen LogP contribution in [0.15, 0.2) is 84.0 Å². The highest BCUT2D eigenvalue weighted by Gasteiger charge is 2.02. The summed E-state index contributed by atoms with van der Waals surface area (Å²) >= 11 is 0. The maximum Gasteiger partial charge on any atom is 0.271 e. The SMILES string of the molecule is Cc1ccc(C(=O)N/N=C\c2ccc(-c3ccccc3)cc2)cc1. The van der Waals surface area contributed by atoms with E-state index in [0.29, 0.717) is 5.56 Å². The average molecular weight is 314 g/mol. The summed E-state index contributed by atoms with van der Waals surface area (Å²) in [6.45, 7) is 1.99. The fraction of sp³-hybridized carbons (Fsp3) is 0.0476. The molecule has 0 aliphatic heterocycles. The molecule has 1 N–H and O–H groups in total. The Morgan fingerprint density at radius 1 is 0.833 bits per heavy atom. The van der Waals surface area contributed by atoms with Crippen molar-refractivity contribution < 1.29 is 4.79 Å². The number of hydrogen-bond donors (Lipinski definition) is 1. The molecule has 3 aromatic rings. The van der Waals surface area contributed by atoms with E-state index in [-0.39, 0.29) is 5.91 Å². The van der Waals surface area contributed by atoms with Crippen molar-refractivity contribution in [2.75, 3.05) is 0 Å². The Hall–Kier alpha value is -3.20. The van der Waals surface area contributed by atoms with Gasteiger partial charge in [0.15, 0.2) is 0 Å². The van der Waals surface area contributed by atoms with Gasteiger partial charge in [0, 0.05) is 5.56 Å². The summed E-state index contributed by atoms with van der Waals surface area (Å²) in [5.74, 6) is -0.216. The number of hydrogen-bond acceptors (Lipinski definition) is 2. The number of nitrogens with one attached hydrogen (secondary N) is 1. The summed E-state index contributed by atoms with van der Waals surface area (Å²) in [6, 6.07) is 25.6. The summed E-state index contributed by atoms with van der Waals surface area (Å²) in [7, 11) is 0. The predicted molar refractivity (Wildman–Crippen MR) is 98.1 cm³/mol. The van der Waals surface area contributed by atoms with Gasteiger partial charge in [-0.25, -0.2) is 5.43 Å². The molecule has 0 spiro atoms.